The van der Waals surface area contributed by atoms with Crippen LogP contribution in [0, 0.1) is 11.8 Å². The lowest BCUT2D eigenvalue weighted by molar-refractivity contribution is 0.0864. The first kappa shape index (κ1) is 17.0. The molecule has 0 radical (unpaired) electrons. The first-order valence-corrected chi connectivity index (χ1v) is 8.41. The van der Waals surface area contributed by atoms with Gasteiger partial charge in [-0.05, 0) is 24.7 Å². The van der Waals surface area contributed by atoms with Crippen LogP contribution in [0.1, 0.15) is 67.2 Å². The molecule has 1 unspecified atom stereocenters. The van der Waals surface area contributed by atoms with Gasteiger partial charge in [-0.15, -0.1) is 0 Å². The van der Waals surface area contributed by atoms with E-state index in [4.69, 9.17) is 0 Å². The maximum atomic E-state index is 3.66. The van der Waals surface area contributed by atoms with Gasteiger partial charge in [-0.3, -0.25) is 4.90 Å². The molecule has 0 bridgehead atoms. The first-order valence-electron chi connectivity index (χ1n) is 8.41. The maximum absolute atomic E-state index is 3.66. The molecule has 0 aliphatic heterocycles. The quantitative estimate of drug-likeness (QED) is 0.718. The summed E-state index contributed by atoms with van der Waals surface area (Å²) in [4.78, 5) is 2.83. The highest BCUT2D eigenvalue weighted by atomic mass is 15.2. The lowest BCUT2D eigenvalue weighted by Crippen LogP contribution is -2.51. The molecule has 1 atom stereocenters. The lowest BCUT2D eigenvalue weighted by Gasteiger charge is -2.40. The van der Waals surface area contributed by atoms with Crippen LogP contribution < -0.4 is 5.32 Å². The van der Waals surface area contributed by atoms with Crippen LogP contribution in [0.2, 0.25) is 0 Å². The van der Waals surface area contributed by atoms with Gasteiger partial charge in [0, 0.05) is 31.2 Å². The minimum atomic E-state index is 0.589. The fraction of sp³-hybridized carbons (Fsp3) is 1.00. The van der Waals surface area contributed by atoms with Crippen molar-refractivity contribution in [1.82, 2.24) is 10.2 Å². The maximum Gasteiger partial charge on any atom is 0.0246 e. The first-order chi connectivity index (χ1) is 8.91. The molecule has 1 saturated carbocycles. The van der Waals surface area contributed by atoms with E-state index in [2.05, 4.69) is 51.8 Å². The average Bonchev–Trinajstić information content (AvgIpc) is 2.79. The number of hydrogen-bond acceptors (Lipinski definition) is 2. The monoisotopic (exact) mass is 268 g/mol. The van der Waals surface area contributed by atoms with Crippen molar-refractivity contribution in [3.63, 3.8) is 0 Å². The second-order valence-electron chi connectivity index (χ2n) is 7.40. The fourth-order valence-electron chi connectivity index (χ4n) is 3.31. The minimum absolute atomic E-state index is 0.589. The van der Waals surface area contributed by atoms with E-state index in [1.165, 1.54) is 32.2 Å². The highest BCUT2D eigenvalue weighted by Crippen LogP contribution is 2.28. The minimum Gasteiger partial charge on any atom is -0.313 e. The summed E-state index contributed by atoms with van der Waals surface area (Å²) in [6, 6.07) is 2.11. The van der Waals surface area contributed by atoms with Crippen LogP contribution >= 0.6 is 0 Å². The highest BCUT2D eigenvalue weighted by Gasteiger charge is 2.30. The molecule has 1 rings (SSSR count). The largest absolute Gasteiger partial charge is 0.313 e. The van der Waals surface area contributed by atoms with E-state index in [1.54, 1.807) is 0 Å². The van der Waals surface area contributed by atoms with Gasteiger partial charge in [-0.1, -0.05) is 54.4 Å². The van der Waals surface area contributed by atoms with Crippen LogP contribution in [0.15, 0.2) is 0 Å². The molecule has 1 aliphatic carbocycles. The van der Waals surface area contributed by atoms with Crippen molar-refractivity contribution >= 4 is 0 Å². The smallest absolute Gasteiger partial charge is 0.0246 e. The summed E-state index contributed by atoms with van der Waals surface area (Å²) in [5.74, 6) is 1.49. The lowest BCUT2D eigenvalue weighted by atomic mass is 9.97. The highest BCUT2D eigenvalue weighted by molar-refractivity contribution is 4.86. The second-order valence-corrected chi connectivity index (χ2v) is 7.40. The molecule has 0 amide bonds. The van der Waals surface area contributed by atoms with Crippen molar-refractivity contribution in [1.29, 1.82) is 0 Å². The normalized spacial score (nSPS) is 19.3. The summed E-state index contributed by atoms with van der Waals surface area (Å²) in [6.45, 7) is 16.4. The zero-order chi connectivity index (χ0) is 14.4. The summed E-state index contributed by atoms with van der Waals surface area (Å²) in [5, 5.41) is 3.66. The fourth-order valence-corrected chi connectivity index (χ4v) is 3.31. The standard InChI is InChI=1S/C17H36N2/c1-13(2)12-19(16-9-7-8-10-16)17(14(3)4)11-18-15(5)6/h13-18H,7-12H2,1-6H3. The molecule has 0 saturated heterocycles. The van der Waals surface area contributed by atoms with Gasteiger partial charge in [0.15, 0.2) is 0 Å². The Morgan fingerprint density at radius 2 is 1.58 bits per heavy atom. The molecular weight excluding hydrogens is 232 g/mol. The second kappa shape index (κ2) is 8.26. The zero-order valence-electron chi connectivity index (χ0n) is 14.1. The van der Waals surface area contributed by atoms with E-state index in [0.29, 0.717) is 12.1 Å². The van der Waals surface area contributed by atoms with Crippen LogP contribution in [-0.4, -0.2) is 36.1 Å². The third-order valence-electron chi connectivity index (χ3n) is 4.30. The molecule has 19 heavy (non-hydrogen) atoms. The SMILES string of the molecule is CC(C)CN(C1CCCC1)C(CNC(C)C)C(C)C. The Balaban J connectivity index is 2.70. The average molecular weight is 268 g/mol. The van der Waals surface area contributed by atoms with Crippen molar-refractivity contribution in [3.05, 3.63) is 0 Å². The number of nitrogens with one attached hydrogen (secondary N) is 1. The topological polar surface area (TPSA) is 15.3 Å². The van der Waals surface area contributed by atoms with Gasteiger partial charge in [-0.25, -0.2) is 0 Å². The zero-order valence-corrected chi connectivity index (χ0v) is 14.1. The summed E-state index contributed by atoms with van der Waals surface area (Å²) < 4.78 is 0. The van der Waals surface area contributed by atoms with Gasteiger partial charge in [0.1, 0.15) is 0 Å². The Labute approximate surface area is 121 Å². The molecule has 0 aromatic rings. The Morgan fingerprint density at radius 1 is 1.00 bits per heavy atom. The molecule has 1 aliphatic rings. The molecule has 0 spiro atoms. The molecule has 0 aromatic heterocycles. The Bertz CT molecular complexity index is 229. The molecule has 114 valence electrons. The van der Waals surface area contributed by atoms with Gasteiger partial charge < -0.3 is 5.32 Å². The van der Waals surface area contributed by atoms with E-state index >= 15 is 0 Å². The molecule has 2 heteroatoms. The van der Waals surface area contributed by atoms with Gasteiger partial charge in [0.25, 0.3) is 0 Å². The predicted octanol–water partition coefficient (Wildman–Crippen LogP) is 3.91. The van der Waals surface area contributed by atoms with Crippen molar-refractivity contribution < 1.29 is 0 Å². The van der Waals surface area contributed by atoms with Crippen molar-refractivity contribution in [2.45, 2.75) is 85.4 Å². The van der Waals surface area contributed by atoms with Crippen LogP contribution in [0.5, 0.6) is 0 Å². The third-order valence-corrected chi connectivity index (χ3v) is 4.30. The number of rotatable bonds is 8. The van der Waals surface area contributed by atoms with Crippen molar-refractivity contribution in [3.8, 4) is 0 Å². The van der Waals surface area contributed by atoms with E-state index in [0.717, 1.165) is 24.4 Å². The molecule has 1 fully saturated rings. The molecule has 1 N–H and O–H groups in total. The predicted molar refractivity (Wildman–Crippen MR) is 85.6 cm³/mol. The van der Waals surface area contributed by atoms with Gasteiger partial charge >= 0.3 is 0 Å². The number of nitrogens with zero attached hydrogens (tertiary/aromatic N) is 1. The molecule has 0 aromatic carbocycles. The van der Waals surface area contributed by atoms with Gasteiger partial charge in [-0.2, -0.15) is 0 Å². The van der Waals surface area contributed by atoms with Gasteiger partial charge in [0.05, 0.1) is 0 Å². The number of hydrogen-bond donors (Lipinski definition) is 1. The summed E-state index contributed by atoms with van der Waals surface area (Å²) >= 11 is 0. The Morgan fingerprint density at radius 3 is 2.00 bits per heavy atom. The van der Waals surface area contributed by atoms with E-state index in [1.807, 2.05) is 0 Å². The van der Waals surface area contributed by atoms with Crippen molar-refractivity contribution in [2.75, 3.05) is 13.1 Å². The Kier molecular flexibility index (Phi) is 7.38. The van der Waals surface area contributed by atoms with Crippen LogP contribution in [-0.2, 0) is 0 Å². The molecule has 2 nitrogen and oxygen atoms in total. The van der Waals surface area contributed by atoms with E-state index in [9.17, 15) is 0 Å². The van der Waals surface area contributed by atoms with E-state index in [-0.39, 0.29) is 0 Å². The summed E-state index contributed by atoms with van der Waals surface area (Å²) in [5.41, 5.74) is 0. The van der Waals surface area contributed by atoms with Crippen LogP contribution in [0.4, 0.5) is 0 Å². The third kappa shape index (κ3) is 5.83. The van der Waals surface area contributed by atoms with Crippen LogP contribution in [0.3, 0.4) is 0 Å². The molecule has 0 heterocycles. The Hall–Kier alpha value is -0.0800. The van der Waals surface area contributed by atoms with Crippen molar-refractivity contribution in [2.24, 2.45) is 11.8 Å². The van der Waals surface area contributed by atoms with Crippen LogP contribution in [0.25, 0.3) is 0 Å². The molecular formula is C17H36N2. The summed E-state index contributed by atoms with van der Waals surface area (Å²) in [6.07, 6.45) is 5.69. The summed E-state index contributed by atoms with van der Waals surface area (Å²) in [7, 11) is 0. The van der Waals surface area contributed by atoms with Gasteiger partial charge in [0.2, 0.25) is 0 Å². The van der Waals surface area contributed by atoms with E-state index < -0.39 is 0 Å².